The lowest BCUT2D eigenvalue weighted by molar-refractivity contribution is -0.122. The summed E-state index contributed by atoms with van der Waals surface area (Å²) in [5.74, 6) is 1.33. The number of hydrogen-bond donors (Lipinski definition) is 2. The lowest BCUT2D eigenvalue weighted by Crippen LogP contribution is -2.28. The Bertz CT molecular complexity index is 906. The molecule has 1 saturated heterocycles. The van der Waals surface area contributed by atoms with Crippen molar-refractivity contribution in [1.29, 1.82) is 0 Å². The predicted molar refractivity (Wildman–Crippen MR) is 104 cm³/mol. The van der Waals surface area contributed by atoms with Gasteiger partial charge in [0.15, 0.2) is 5.17 Å². The molecule has 0 unspecified atom stereocenters. The van der Waals surface area contributed by atoms with Crippen molar-refractivity contribution in [1.82, 2.24) is 5.32 Å². The van der Waals surface area contributed by atoms with Crippen molar-refractivity contribution >= 4 is 40.6 Å². The molecule has 1 aliphatic rings. The second kappa shape index (κ2) is 8.54. The van der Waals surface area contributed by atoms with Crippen LogP contribution in [0.4, 0.5) is 5.69 Å². The molecule has 0 bridgehead atoms. The molecule has 1 aromatic carbocycles. The number of ether oxygens (including phenoxy) is 1. The van der Waals surface area contributed by atoms with E-state index in [-0.39, 0.29) is 18.2 Å². The Kier molecular flexibility index (Phi) is 5.92. The predicted octanol–water partition coefficient (Wildman–Crippen LogP) is 2.55. The Labute approximate surface area is 160 Å². The molecule has 0 radical (unpaired) electrons. The van der Waals surface area contributed by atoms with Gasteiger partial charge in [-0.05, 0) is 31.2 Å². The number of para-hydroxylation sites is 2. The quantitative estimate of drug-likeness (QED) is 0.586. The van der Waals surface area contributed by atoms with E-state index in [4.69, 9.17) is 9.15 Å². The topological polar surface area (TPSA) is 105 Å². The first-order valence-corrected chi connectivity index (χ1v) is 9.01. The first kappa shape index (κ1) is 18.7. The van der Waals surface area contributed by atoms with Crippen molar-refractivity contribution in [3.8, 4) is 5.75 Å². The van der Waals surface area contributed by atoms with E-state index in [1.54, 1.807) is 24.3 Å². The third kappa shape index (κ3) is 4.98. The molecule has 0 saturated carbocycles. The maximum atomic E-state index is 12.2. The highest BCUT2D eigenvalue weighted by atomic mass is 32.2. The Hall–Kier alpha value is -3.07. The van der Waals surface area contributed by atoms with Gasteiger partial charge in [0, 0.05) is 6.42 Å². The molecule has 8 nitrogen and oxygen atoms in total. The van der Waals surface area contributed by atoms with Crippen molar-refractivity contribution in [2.45, 2.75) is 18.6 Å². The number of nitrogens with zero attached hydrogens (tertiary/aromatic N) is 2. The molecule has 140 valence electrons. The number of nitrogens with one attached hydrogen (secondary N) is 2. The standard InChI is InChI=1S/C18H18N4O4S/c1-11-7-8-12(26-11)10-19-22-18-21-17(24)15(27-18)9-16(23)20-13-5-3-4-6-14(13)25-2/h3-8,10,15H,9H2,1-2H3,(H,20,23)(H,21,22,24)/b19-10-/t15-/m1/s1. The molecule has 1 aliphatic heterocycles. The smallest absolute Gasteiger partial charge is 0.240 e. The summed E-state index contributed by atoms with van der Waals surface area (Å²) in [5.41, 5.74) is 0.556. The van der Waals surface area contributed by atoms with Crippen LogP contribution in [0.5, 0.6) is 5.75 Å². The molecule has 2 amide bonds. The molecule has 3 rings (SSSR count). The van der Waals surface area contributed by atoms with Crippen LogP contribution in [0.25, 0.3) is 0 Å². The third-order valence-corrected chi connectivity index (χ3v) is 4.70. The van der Waals surface area contributed by atoms with Crippen LogP contribution in [0.1, 0.15) is 17.9 Å². The SMILES string of the molecule is COc1ccccc1NC(=O)C[C@H]1S/C(=N/N=C\c2ccc(C)o2)NC1=O. The molecule has 2 aromatic rings. The summed E-state index contributed by atoms with van der Waals surface area (Å²) in [5, 5.41) is 13.0. The molecule has 0 spiro atoms. The van der Waals surface area contributed by atoms with E-state index < -0.39 is 5.25 Å². The van der Waals surface area contributed by atoms with E-state index in [2.05, 4.69) is 20.8 Å². The number of thioether (sulfide) groups is 1. The number of carbonyl (C=O) groups excluding carboxylic acids is 2. The van der Waals surface area contributed by atoms with Crippen LogP contribution in [0.3, 0.4) is 0 Å². The van der Waals surface area contributed by atoms with E-state index in [0.717, 1.165) is 17.5 Å². The van der Waals surface area contributed by atoms with E-state index in [0.29, 0.717) is 22.4 Å². The number of carbonyl (C=O) groups is 2. The summed E-state index contributed by atoms with van der Waals surface area (Å²) in [7, 11) is 1.53. The minimum Gasteiger partial charge on any atom is -0.495 e. The van der Waals surface area contributed by atoms with Crippen LogP contribution in [-0.2, 0) is 9.59 Å². The second-order valence-electron chi connectivity index (χ2n) is 5.65. The van der Waals surface area contributed by atoms with Gasteiger partial charge in [0.2, 0.25) is 11.8 Å². The van der Waals surface area contributed by atoms with E-state index >= 15 is 0 Å². The molecule has 1 aromatic heterocycles. The van der Waals surface area contributed by atoms with Crippen LogP contribution in [0.15, 0.2) is 51.0 Å². The summed E-state index contributed by atoms with van der Waals surface area (Å²) in [6.45, 7) is 1.83. The van der Waals surface area contributed by atoms with Crippen LogP contribution >= 0.6 is 11.8 Å². The number of rotatable bonds is 6. The molecule has 9 heteroatoms. The maximum absolute atomic E-state index is 12.2. The zero-order valence-electron chi connectivity index (χ0n) is 14.8. The van der Waals surface area contributed by atoms with Gasteiger partial charge < -0.3 is 19.8 Å². The molecular formula is C18H18N4O4S. The number of benzene rings is 1. The van der Waals surface area contributed by atoms with Crippen LogP contribution in [0.2, 0.25) is 0 Å². The van der Waals surface area contributed by atoms with Gasteiger partial charge in [-0.25, -0.2) is 0 Å². The first-order chi connectivity index (χ1) is 13.0. The van der Waals surface area contributed by atoms with Crippen molar-refractivity contribution in [3.63, 3.8) is 0 Å². The molecule has 27 heavy (non-hydrogen) atoms. The number of amidine groups is 1. The van der Waals surface area contributed by atoms with E-state index in [9.17, 15) is 9.59 Å². The minimum absolute atomic E-state index is 0.00859. The van der Waals surface area contributed by atoms with Gasteiger partial charge in [-0.1, -0.05) is 23.9 Å². The second-order valence-corrected chi connectivity index (χ2v) is 6.84. The Morgan fingerprint density at radius 3 is 2.93 bits per heavy atom. The largest absolute Gasteiger partial charge is 0.495 e. The van der Waals surface area contributed by atoms with Crippen LogP contribution in [-0.4, -0.2) is 35.6 Å². The average Bonchev–Trinajstić information content (AvgIpc) is 3.21. The summed E-state index contributed by atoms with van der Waals surface area (Å²) >= 11 is 1.16. The van der Waals surface area contributed by atoms with Crippen LogP contribution < -0.4 is 15.4 Å². The van der Waals surface area contributed by atoms with Gasteiger partial charge >= 0.3 is 0 Å². The van der Waals surface area contributed by atoms with Gasteiger partial charge in [0.1, 0.15) is 22.5 Å². The summed E-state index contributed by atoms with van der Waals surface area (Å²) < 4.78 is 10.5. The Balaban J connectivity index is 1.56. The molecule has 2 heterocycles. The molecule has 1 atom stereocenters. The third-order valence-electron chi connectivity index (χ3n) is 3.62. The summed E-state index contributed by atoms with van der Waals surface area (Å²) in [6.07, 6.45) is 1.46. The molecule has 1 fully saturated rings. The van der Waals surface area contributed by atoms with Gasteiger partial charge in [-0.15, -0.1) is 5.10 Å². The van der Waals surface area contributed by atoms with Crippen LogP contribution in [0, 0.1) is 6.92 Å². The molecule has 0 aliphatic carbocycles. The van der Waals surface area contributed by atoms with Gasteiger partial charge in [-0.3, -0.25) is 9.59 Å². The lowest BCUT2D eigenvalue weighted by Gasteiger charge is -2.10. The highest BCUT2D eigenvalue weighted by Gasteiger charge is 2.32. The fourth-order valence-corrected chi connectivity index (χ4v) is 3.29. The van der Waals surface area contributed by atoms with Gasteiger partial charge in [-0.2, -0.15) is 5.10 Å². The number of anilines is 1. The van der Waals surface area contributed by atoms with Gasteiger partial charge in [0.05, 0.1) is 19.0 Å². The molecule has 2 N–H and O–H groups in total. The zero-order valence-corrected chi connectivity index (χ0v) is 15.6. The fourth-order valence-electron chi connectivity index (χ4n) is 2.37. The number of hydrogen-bond acceptors (Lipinski definition) is 7. The van der Waals surface area contributed by atoms with E-state index in [1.807, 2.05) is 19.1 Å². The number of methoxy groups -OCH3 is 1. The highest BCUT2D eigenvalue weighted by Crippen LogP contribution is 2.26. The monoisotopic (exact) mass is 386 g/mol. The minimum atomic E-state index is -0.570. The Morgan fingerprint density at radius 1 is 1.37 bits per heavy atom. The Morgan fingerprint density at radius 2 is 2.19 bits per heavy atom. The number of aryl methyl sites for hydroxylation is 1. The van der Waals surface area contributed by atoms with Crippen molar-refractivity contribution in [3.05, 3.63) is 47.9 Å². The van der Waals surface area contributed by atoms with E-state index in [1.165, 1.54) is 13.3 Å². The highest BCUT2D eigenvalue weighted by molar-refractivity contribution is 8.15. The normalized spacial score (nSPS) is 18.1. The van der Waals surface area contributed by atoms with Crippen molar-refractivity contribution in [2.24, 2.45) is 10.2 Å². The average molecular weight is 386 g/mol. The number of furan rings is 1. The zero-order chi connectivity index (χ0) is 19.2. The first-order valence-electron chi connectivity index (χ1n) is 8.13. The molecular weight excluding hydrogens is 368 g/mol. The maximum Gasteiger partial charge on any atom is 0.240 e. The number of amides is 2. The lowest BCUT2D eigenvalue weighted by atomic mass is 10.2. The summed E-state index contributed by atoms with van der Waals surface area (Å²) in [4.78, 5) is 24.3. The summed E-state index contributed by atoms with van der Waals surface area (Å²) in [6, 6.07) is 10.7. The van der Waals surface area contributed by atoms with Crippen molar-refractivity contribution < 1.29 is 18.7 Å². The fraction of sp³-hybridized carbons (Fsp3) is 0.222. The van der Waals surface area contributed by atoms with Gasteiger partial charge in [0.25, 0.3) is 0 Å². The van der Waals surface area contributed by atoms with Crippen molar-refractivity contribution in [2.75, 3.05) is 12.4 Å².